The molecule has 0 aromatic heterocycles. The van der Waals surface area contributed by atoms with E-state index in [0.29, 0.717) is 12.8 Å². The molecule has 0 saturated heterocycles. The van der Waals surface area contributed by atoms with E-state index in [1.54, 1.807) is 0 Å². The Balaban J connectivity index is 2.24. The summed E-state index contributed by atoms with van der Waals surface area (Å²) in [4.78, 5) is 0. The fourth-order valence-electron chi connectivity index (χ4n) is 2.18. The van der Waals surface area contributed by atoms with Crippen LogP contribution in [0.2, 0.25) is 0 Å². The predicted molar refractivity (Wildman–Crippen MR) is 67.6 cm³/mol. The summed E-state index contributed by atoms with van der Waals surface area (Å²) in [5.74, 6) is 1.71. The molecule has 2 rings (SSSR count). The van der Waals surface area contributed by atoms with Gasteiger partial charge in [0.1, 0.15) is 0 Å². The molecule has 0 aliphatic carbocycles. The Morgan fingerprint density at radius 2 is 1.94 bits per heavy atom. The molecular formula is C13H20N2O2. The summed E-state index contributed by atoms with van der Waals surface area (Å²) in [6.45, 7) is 3.43. The highest BCUT2D eigenvalue weighted by Crippen LogP contribution is 2.36. The molecule has 0 radical (unpaired) electrons. The number of rotatable bonds is 5. The lowest BCUT2D eigenvalue weighted by Crippen LogP contribution is -2.22. The molecule has 94 valence electrons. The van der Waals surface area contributed by atoms with Crippen molar-refractivity contribution in [2.45, 2.75) is 19.4 Å². The molecule has 0 amide bonds. The van der Waals surface area contributed by atoms with Gasteiger partial charge < -0.3 is 20.1 Å². The third kappa shape index (κ3) is 2.53. The Morgan fingerprint density at radius 1 is 1.24 bits per heavy atom. The van der Waals surface area contributed by atoms with Gasteiger partial charge in [-0.25, -0.2) is 0 Å². The molecule has 1 aromatic carbocycles. The van der Waals surface area contributed by atoms with Crippen molar-refractivity contribution >= 4 is 0 Å². The Morgan fingerprint density at radius 3 is 2.59 bits per heavy atom. The van der Waals surface area contributed by atoms with Gasteiger partial charge in [-0.3, -0.25) is 0 Å². The first-order valence-electron chi connectivity index (χ1n) is 5.98. The van der Waals surface area contributed by atoms with Crippen LogP contribution >= 0.6 is 0 Å². The van der Waals surface area contributed by atoms with Crippen LogP contribution in [0.3, 0.4) is 0 Å². The summed E-state index contributed by atoms with van der Waals surface area (Å²) < 4.78 is 10.8. The first kappa shape index (κ1) is 12.2. The second-order valence-electron chi connectivity index (χ2n) is 4.30. The van der Waals surface area contributed by atoms with Crippen LogP contribution in [0.25, 0.3) is 0 Å². The van der Waals surface area contributed by atoms with Crippen molar-refractivity contribution in [1.29, 1.82) is 0 Å². The van der Waals surface area contributed by atoms with E-state index in [4.69, 9.17) is 9.47 Å². The number of hydrogen-bond acceptors (Lipinski definition) is 4. The molecule has 1 aliphatic heterocycles. The van der Waals surface area contributed by atoms with Crippen LogP contribution in [0.1, 0.15) is 23.6 Å². The average Bonchev–Trinajstić information content (AvgIpc) is 2.77. The van der Waals surface area contributed by atoms with Gasteiger partial charge in [0, 0.05) is 6.04 Å². The van der Waals surface area contributed by atoms with Crippen molar-refractivity contribution in [3.8, 4) is 11.5 Å². The molecule has 1 aliphatic rings. The highest BCUT2D eigenvalue weighted by Gasteiger charge is 2.19. The quantitative estimate of drug-likeness (QED) is 0.815. The van der Waals surface area contributed by atoms with Crippen molar-refractivity contribution in [3.63, 3.8) is 0 Å². The van der Waals surface area contributed by atoms with Crippen LogP contribution in [-0.4, -0.2) is 27.4 Å². The highest BCUT2D eigenvalue weighted by molar-refractivity contribution is 5.49. The number of benzene rings is 1. The average molecular weight is 236 g/mol. The normalized spacial score (nSPS) is 15.0. The van der Waals surface area contributed by atoms with Crippen molar-refractivity contribution in [2.24, 2.45) is 0 Å². The molecule has 1 aromatic rings. The summed E-state index contributed by atoms with van der Waals surface area (Å²) >= 11 is 0. The van der Waals surface area contributed by atoms with E-state index in [0.717, 1.165) is 24.5 Å². The first-order chi connectivity index (χ1) is 8.26. The number of hydrogen-bond donors (Lipinski definition) is 2. The van der Waals surface area contributed by atoms with E-state index in [1.807, 2.05) is 14.1 Å². The molecule has 1 atom stereocenters. The monoisotopic (exact) mass is 236 g/mol. The molecule has 0 bridgehead atoms. The van der Waals surface area contributed by atoms with Gasteiger partial charge in [0.05, 0.1) is 0 Å². The topological polar surface area (TPSA) is 42.5 Å². The Kier molecular flexibility index (Phi) is 3.86. The molecule has 1 heterocycles. The van der Waals surface area contributed by atoms with Crippen LogP contribution in [-0.2, 0) is 0 Å². The second-order valence-corrected chi connectivity index (χ2v) is 4.30. The maximum atomic E-state index is 5.43. The maximum Gasteiger partial charge on any atom is 0.231 e. The van der Waals surface area contributed by atoms with Crippen LogP contribution in [0, 0.1) is 6.92 Å². The second kappa shape index (κ2) is 5.38. The summed E-state index contributed by atoms with van der Waals surface area (Å²) in [5.41, 5.74) is 2.52. The van der Waals surface area contributed by atoms with E-state index >= 15 is 0 Å². The third-order valence-electron chi connectivity index (χ3n) is 3.17. The van der Waals surface area contributed by atoms with Crippen molar-refractivity contribution in [3.05, 3.63) is 23.3 Å². The third-order valence-corrected chi connectivity index (χ3v) is 3.17. The molecule has 1 unspecified atom stereocenters. The van der Waals surface area contributed by atoms with Crippen molar-refractivity contribution in [2.75, 3.05) is 27.4 Å². The Hall–Kier alpha value is -1.26. The number of ether oxygens (including phenoxy) is 2. The van der Waals surface area contributed by atoms with Crippen LogP contribution in [0.4, 0.5) is 0 Å². The zero-order chi connectivity index (χ0) is 12.3. The van der Waals surface area contributed by atoms with Gasteiger partial charge in [-0.1, -0.05) is 0 Å². The lowest BCUT2D eigenvalue weighted by molar-refractivity contribution is 0.174. The van der Waals surface area contributed by atoms with Crippen molar-refractivity contribution in [1.82, 2.24) is 10.6 Å². The van der Waals surface area contributed by atoms with Gasteiger partial charge in [-0.2, -0.15) is 0 Å². The van der Waals surface area contributed by atoms with Crippen LogP contribution in [0.5, 0.6) is 11.5 Å². The van der Waals surface area contributed by atoms with Crippen LogP contribution in [0.15, 0.2) is 12.1 Å². The minimum absolute atomic E-state index is 0.332. The number of aryl methyl sites for hydroxylation is 1. The van der Waals surface area contributed by atoms with E-state index in [1.165, 1.54) is 11.1 Å². The maximum absolute atomic E-state index is 5.43. The van der Waals surface area contributed by atoms with E-state index in [9.17, 15) is 0 Å². The van der Waals surface area contributed by atoms with Gasteiger partial charge in [-0.05, 0) is 57.2 Å². The largest absolute Gasteiger partial charge is 0.454 e. The molecular weight excluding hydrogens is 216 g/mol. The summed E-state index contributed by atoms with van der Waals surface area (Å²) in [6, 6.07) is 4.49. The fourth-order valence-corrected chi connectivity index (χ4v) is 2.18. The molecule has 2 N–H and O–H groups in total. The fraction of sp³-hybridized carbons (Fsp3) is 0.538. The van der Waals surface area contributed by atoms with Gasteiger partial charge in [0.25, 0.3) is 0 Å². The van der Waals surface area contributed by atoms with E-state index in [-0.39, 0.29) is 0 Å². The van der Waals surface area contributed by atoms with E-state index < -0.39 is 0 Å². The molecule has 17 heavy (non-hydrogen) atoms. The zero-order valence-electron chi connectivity index (χ0n) is 10.7. The van der Waals surface area contributed by atoms with Gasteiger partial charge in [-0.15, -0.1) is 0 Å². The molecule has 4 heteroatoms. The standard InChI is InChI=1S/C13H20N2O2/c1-9-6-12-13(17-8-16-12)7-10(9)11(15-3)4-5-14-2/h6-7,11,14-15H,4-5,8H2,1-3H3. The minimum atomic E-state index is 0.332. The minimum Gasteiger partial charge on any atom is -0.454 e. The summed E-state index contributed by atoms with van der Waals surface area (Å²) in [5, 5.41) is 6.53. The highest BCUT2D eigenvalue weighted by atomic mass is 16.7. The molecule has 0 saturated carbocycles. The lowest BCUT2D eigenvalue weighted by atomic mass is 9.98. The Bertz CT molecular complexity index is 393. The SMILES string of the molecule is CNCCC(NC)c1cc2c(cc1C)OCO2. The first-order valence-corrected chi connectivity index (χ1v) is 5.98. The van der Waals surface area contributed by atoms with E-state index in [2.05, 4.69) is 29.7 Å². The summed E-state index contributed by atoms with van der Waals surface area (Å²) in [6.07, 6.45) is 1.05. The zero-order valence-corrected chi connectivity index (χ0v) is 10.7. The van der Waals surface area contributed by atoms with Gasteiger partial charge in [0.15, 0.2) is 11.5 Å². The predicted octanol–water partition coefficient (Wildman–Crippen LogP) is 1.59. The number of nitrogens with one attached hydrogen (secondary N) is 2. The molecule has 4 nitrogen and oxygen atoms in total. The van der Waals surface area contributed by atoms with Crippen molar-refractivity contribution < 1.29 is 9.47 Å². The lowest BCUT2D eigenvalue weighted by Gasteiger charge is -2.19. The summed E-state index contributed by atoms with van der Waals surface area (Å²) in [7, 11) is 3.96. The number of fused-ring (bicyclic) bond motifs is 1. The smallest absolute Gasteiger partial charge is 0.231 e. The van der Waals surface area contributed by atoms with Gasteiger partial charge >= 0.3 is 0 Å². The Labute approximate surface area is 102 Å². The molecule has 0 fully saturated rings. The van der Waals surface area contributed by atoms with Gasteiger partial charge in [0.2, 0.25) is 6.79 Å². The van der Waals surface area contributed by atoms with Crippen LogP contribution < -0.4 is 20.1 Å². The molecule has 0 spiro atoms.